The van der Waals surface area contributed by atoms with Crippen molar-refractivity contribution in [3.63, 3.8) is 0 Å². The number of nitriles is 1. The van der Waals surface area contributed by atoms with Crippen molar-refractivity contribution < 1.29 is 9.50 Å². The van der Waals surface area contributed by atoms with Crippen molar-refractivity contribution in [1.82, 2.24) is 0 Å². The second-order valence-corrected chi connectivity index (χ2v) is 5.64. The third kappa shape index (κ3) is 2.32. The van der Waals surface area contributed by atoms with E-state index in [0.29, 0.717) is 12.8 Å². The first-order valence-electron chi connectivity index (χ1n) is 7.07. The Hall–Kier alpha value is -2.18. The standard InChI is InChI=1S/C18H16FNO/c19-16-8-4-3-7-15(16)17(21)18(12-20)10-9-13-5-1-2-6-14(13)11-18/h1-8,17,21H,9-11H2. The minimum absolute atomic E-state index is 0.207. The minimum atomic E-state index is -1.11. The number of benzene rings is 2. The maximum Gasteiger partial charge on any atom is 0.129 e. The molecule has 0 amide bonds. The molecule has 0 fully saturated rings. The molecule has 3 rings (SSSR count). The van der Waals surface area contributed by atoms with E-state index < -0.39 is 17.3 Å². The zero-order valence-corrected chi connectivity index (χ0v) is 11.6. The molecule has 1 aliphatic rings. The van der Waals surface area contributed by atoms with Crippen LogP contribution in [0, 0.1) is 22.6 Å². The Balaban J connectivity index is 2.00. The Kier molecular flexibility index (Phi) is 3.48. The molecule has 3 heteroatoms. The number of aliphatic hydroxyl groups is 1. The molecule has 0 aliphatic heterocycles. The topological polar surface area (TPSA) is 44.0 Å². The second kappa shape index (κ2) is 5.31. The molecule has 0 heterocycles. The highest BCUT2D eigenvalue weighted by atomic mass is 19.1. The number of rotatable bonds is 2. The lowest BCUT2D eigenvalue weighted by atomic mass is 9.67. The van der Waals surface area contributed by atoms with Gasteiger partial charge >= 0.3 is 0 Å². The van der Waals surface area contributed by atoms with Crippen molar-refractivity contribution in [2.24, 2.45) is 5.41 Å². The van der Waals surface area contributed by atoms with Gasteiger partial charge in [-0.2, -0.15) is 5.26 Å². The van der Waals surface area contributed by atoms with E-state index in [1.54, 1.807) is 18.2 Å². The van der Waals surface area contributed by atoms with E-state index in [0.717, 1.165) is 12.0 Å². The molecule has 0 radical (unpaired) electrons. The number of aryl methyl sites for hydroxylation is 1. The summed E-state index contributed by atoms with van der Waals surface area (Å²) in [6.45, 7) is 0. The van der Waals surface area contributed by atoms with Crippen LogP contribution in [0.1, 0.15) is 29.2 Å². The maximum atomic E-state index is 13.9. The predicted molar refractivity (Wildman–Crippen MR) is 77.9 cm³/mol. The smallest absolute Gasteiger partial charge is 0.129 e. The molecule has 0 bridgehead atoms. The molecule has 2 atom stereocenters. The molecule has 1 N–H and O–H groups in total. The van der Waals surface area contributed by atoms with Crippen LogP contribution in [0.2, 0.25) is 0 Å². The van der Waals surface area contributed by atoms with E-state index in [4.69, 9.17) is 0 Å². The van der Waals surface area contributed by atoms with Crippen LogP contribution in [0.3, 0.4) is 0 Å². The van der Waals surface area contributed by atoms with Gasteiger partial charge in [0.05, 0.1) is 11.5 Å². The van der Waals surface area contributed by atoms with Crippen molar-refractivity contribution in [3.05, 3.63) is 71.0 Å². The Morgan fingerprint density at radius 3 is 2.48 bits per heavy atom. The van der Waals surface area contributed by atoms with Crippen molar-refractivity contribution in [2.75, 3.05) is 0 Å². The summed E-state index contributed by atoms with van der Waals surface area (Å²) in [4.78, 5) is 0. The van der Waals surface area contributed by atoms with Gasteiger partial charge in [-0.25, -0.2) is 4.39 Å². The summed E-state index contributed by atoms with van der Waals surface area (Å²) < 4.78 is 13.9. The molecule has 0 spiro atoms. The van der Waals surface area contributed by atoms with Gasteiger partial charge in [0, 0.05) is 5.56 Å². The summed E-state index contributed by atoms with van der Waals surface area (Å²) in [6.07, 6.45) is 0.609. The largest absolute Gasteiger partial charge is 0.387 e. The number of nitrogens with zero attached hydrogens (tertiary/aromatic N) is 1. The maximum absolute atomic E-state index is 13.9. The molecule has 0 saturated carbocycles. The van der Waals surface area contributed by atoms with Crippen LogP contribution >= 0.6 is 0 Å². The van der Waals surface area contributed by atoms with Gasteiger partial charge in [-0.1, -0.05) is 42.5 Å². The molecule has 2 unspecified atom stereocenters. The van der Waals surface area contributed by atoms with E-state index >= 15 is 0 Å². The highest BCUT2D eigenvalue weighted by Gasteiger charge is 2.42. The van der Waals surface area contributed by atoms with E-state index in [1.807, 2.05) is 24.3 Å². The van der Waals surface area contributed by atoms with Gasteiger partial charge in [-0.3, -0.25) is 0 Å². The van der Waals surface area contributed by atoms with E-state index in [9.17, 15) is 14.8 Å². The first-order valence-corrected chi connectivity index (χ1v) is 7.07. The van der Waals surface area contributed by atoms with Gasteiger partial charge in [0.1, 0.15) is 11.9 Å². The normalized spacial score (nSPS) is 22.1. The fourth-order valence-electron chi connectivity index (χ4n) is 3.14. The molecular formula is C18H16FNO. The number of fused-ring (bicyclic) bond motifs is 1. The summed E-state index contributed by atoms with van der Waals surface area (Å²) in [7, 11) is 0. The van der Waals surface area contributed by atoms with Crippen LogP contribution in [0.25, 0.3) is 0 Å². The molecule has 2 aromatic rings. The molecule has 1 aliphatic carbocycles. The van der Waals surface area contributed by atoms with Crippen LogP contribution in [0.4, 0.5) is 4.39 Å². The van der Waals surface area contributed by atoms with Crippen molar-refractivity contribution in [1.29, 1.82) is 5.26 Å². The van der Waals surface area contributed by atoms with Gasteiger partial charge in [-0.05, 0) is 36.5 Å². The lowest BCUT2D eigenvalue weighted by molar-refractivity contribution is 0.0496. The molecule has 2 nitrogen and oxygen atoms in total. The van der Waals surface area contributed by atoms with Gasteiger partial charge in [0.25, 0.3) is 0 Å². The van der Waals surface area contributed by atoms with Crippen molar-refractivity contribution >= 4 is 0 Å². The Labute approximate surface area is 123 Å². The number of hydrogen-bond acceptors (Lipinski definition) is 2. The first kappa shape index (κ1) is 13.8. The minimum Gasteiger partial charge on any atom is -0.387 e. The first-order chi connectivity index (χ1) is 10.2. The number of halogens is 1. The molecule has 0 saturated heterocycles. The average Bonchev–Trinajstić information content (AvgIpc) is 2.54. The molecule has 21 heavy (non-hydrogen) atoms. The zero-order valence-electron chi connectivity index (χ0n) is 11.6. The quantitative estimate of drug-likeness (QED) is 0.914. The third-order valence-electron chi connectivity index (χ3n) is 4.41. The SMILES string of the molecule is N#CC1(C(O)c2ccccc2F)CCc2ccccc2C1. The van der Waals surface area contributed by atoms with Gasteiger partial charge < -0.3 is 5.11 Å². The zero-order chi connectivity index (χ0) is 14.9. The highest BCUT2D eigenvalue weighted by molar-refractivity contribution is 5.35. The molecular weight excluding hydrogens is 265 g/mol. The van der Waals surface area contributed by atoms with E-state index in [1.165, 1.54) is 11.6 Å². The van der Waals surface area contributed by atoms with Crippen LogP contribution in [-0.4, -0.2) is 5.11 Å². The Bertz CT molecular complexity index is 706. The van der Waals surface area contributed by atoms with Gasteiger partial charge in [0.2, 0.25) is 0 Å². The van der Waals surface area contributed by atoms with E-state index in [2.05, 4.69) is 6.07 Å². The summed E-state index contributed by atoms with van der Waals surface area (Å²) >= 11 is 0. The fourth-order valence-corrected chi connectivity index (χ4v) is 3.14. The second-order valence-electron chi connectivity index (χ2n) is 5.64. The van der Waals surface area contributed by atoms with Crippen molar-refractivity contribution in [2.45, 2.75) is 25.4 Å². The van der Waals surface area contributed by atoms with Crippen LogP contribution in [0.15, 0.2) is 48.5 Å². The van der Waals surface area contributed by atoms with Crippen LogP contribution in [0.5, 0.6) is 0 Å². The van der Waals surface area contributed by atoms with Crippen molar-refractivity contribution in [3.8, 4) is 6.07 Å². The summed E-state index contributed by atoms with van der Waals surface area (Å²) in [5.41, 5.74) is 1.53. The molecule has 2 aromatic carbocycles. The summed E-state index contributed by atoms with van der Waals surface area (Å²) in [6, 6.07) is 16.3. The lowest BCUT2D eigenvalue weighted by Gasteiger charge is -2.36. The average molecular weight is 281 g/mol. The van der Waals surface area contributed by atoms with Gasteiger partial charge in [-0.15, -0.1) is 0 Å². The fraction of sp³-hybridized carbons (Fsp3) is 0.278. The van der Waals surface area contributed by atoms with Crippen LogP contribution in [-0.2, 0) is 12.8 Å². The molecule has 106 valence electrons. The third-order valence-corrected chi connectivity index (χ3v) is 4.41. The van der Waals surface area contributed by atoms with Crippen LogP contribution < -0.4 is 0 Å². The summed E-state index contributed by atoms with van der Waals surface area (Å²) in [5.74, 6) is -0.460. The predicted octanol–water partition coefficient (Wildman–Crippen LogP) is 3.56. The molecule has 0 aromatic heterocycles. The number of hydrogen-bond donors (Lipinski definition) is 1. The van der Waals surface area contributed by atoms with E-state index in [-0.39, 0.29) is 5.56 Å². The summed E-state index contributed by atoms with van der Waals surface area (Å²) in [5, 5.41) is 20.3. The highest BCUT2D eigenvalue weighted by Crippen LogP contribution is 2.44. The van der Waals surface area contributed by atoms with Gasteiger partial charge in [0.15, 0.2) is 0 Å². The monoisotopic (exact) mass is 281 g/mol. The Morgan fingerprint density at radius 2 is 1.76 bits per heavy atom. The lowest BCUT2D eigenvalue weighted by Crippen LogP contribution is -2.34. The number of aliphatic hydroxyl groups excluding tert-OH is 1. The Morgan fingerprint density at radius 1 is 1.10 bits per heavy atom.